The molecule has 0 unspecified atom stereocenters. The molecule has 0 bridgehead atoms. The molecule has 1 aromatic heterocycles. The highest BCUT2D eigenvalue weighted by molar-refractivity contribution is 7.97. The molecule has 1 amide bonds. The minimum atomic E-state index is -0.421. The van der Waals surface area contributed by atoms with Gasteiger partial charge in [-0.25, -0.2) is 0 Å². The Morgan fingerprint density at radius 1 is 1.19 bits per heavy atom. The van der Waals surface area contributed by atoms with Crippen LogP contribution in [0.3, 0.4) is 0 Å². The third kappa shape index (κ3) is 4.67. The Hall–Kier alpha value is -3.28. The van der Waals surface area contributed by atoms with Crippen molar-refractivity contribution >= 4 is 40.1 Å². The number of hydrogen-bond donors (Lipinski definition) is 6. The van der Waals surface area contributed by atoms with Crippen LogP contribution in [0.4, 0.5) is 11.4 Å². The normalized spacial score (nSPS) is 10.3. The Morgan fingerprint density at radius 2 is 2.04 bits per heavy atom. The maximum absolute atomic E-state index is 11.0. The predicted molar refractivity (Wildman–Crippen MR) is 110 cm³/mol. The van der Waals surface area contributed by atoms with E-state index in [1.54, 1.807) is 12.1 Å². The molecule has 0 aliphatic rings. The molecule has 1 heterocycles. The van der Waals surface area contributed by atoms with Crippen molar-refractivity contribution in [3.05, 3.63) is 48.2 Å². The van der Waals surface area contributed by atoms with Gasteiger partial charge in [0.25, 0.3) is 0 Å². The number of nitrogens with two attached hydrogens (primary N) is 2. The van der Waals surface area contributed by atoms with Crippen molar-refractivity contribution in [3.8, 4) is 17.6 Å². The number of phenols is 1. The number of anilines is 2. The largest absolute Gasteiger partial charge is 0.506 e. The lowest BCUT2D eigenvalue weighted by Crippen LogP contribution is -2.21. The number of fused-ring (bicyclic) bond motifs is 1. The van der Waals surface area contributed by atoms with E-state index in [1.165, 1.54) is 0 Å². The lowest BCUT2D eigenvalue weighted by molar-refractivity contribution is -0.116. The number of carbonyl (C=O) groups excluding carboxylic acids is 1. The first-order chi connectivity index (χ1) is 13.1. The van der Waals surface area contributed by atoms with Gasteiger partial charge in [0.15, 0.2) is 0 Å². The lowest BCUT2D eigenvalue weighted by Gasteiger charge is -2.06. The molecule has 0 aliphatic carbocycles. The minimum Gasteiger partial charge on any atom is -0.506 e. The molecular weight excluding hydrogens is 362 g/mol. The number of amides is 1. The Labute approximate surface area is 160 Å². The summed E-state index contributed by atoms with van der Waals surface area (Å²) in [5.41, 5.74) is 8.25. The summed E-state index contributed by atoms with van der Waals surface area (Å²) >= 11 is 1.07. The highest BCUT2D eigenvalue weighted by atomic mass is 32.2. The fourth-order valence-corrected chi connectivity index (χ4v) is 2.90. The van der Waals surface area contributed by atoms with Gasteiger partial charge in [-0.15, -0.1) is 0 Å². The molecule has 0 saturated heterocycles. The first-order valence-electron chi connectivity index (χ1n) is 8.13. The Balaban J connectivity index is 1.69. The quantitative estimate of drug-likeness (QED) is 0.221. The van der Waals surface area contributed by atoms with Gasteiger partial charge in [0, 0.05) is 21.5 Å². The summed E-state index contributed by atoms with van der Waals surface area (Å²) in [6.07, 6.45) is 0. The summed E-state index contributed by atoms with van der Waals surface area (Å²) in [4.78, 5) is 15.0. The highest BCUT2D eigenvalue weighted by Crippen LogP contribution is 2.27. The fourth-order valence-electron chi connectivity index (χ4n) is 2.57. The van der Waals surface area contributed by atoms with Gasteiger partial charge in [0.2, 0.25) is 5.91 Å². The van der Waals surface area contributed by atoms with Crippen molar-refractivity contribution < 1.29 is 9.90 Å². The minimum absolute atomic E-state index is 0.0696. The molecule has 8 heteroatoms. The van der Waals surface area contributed by atoms with Crippen molar-refractivity contribution in [1.82, 2.24) is 4.98 Å². The number of H-pyrrole nitrogens is 1. The Morgan fingerprint density at radius 3 is 2.78 bits per heavy atom. The van der Waals surface area contributed by atoms with E-state index in [0.717, 1.165) is 39.1 Å². The second-order valence-corrected chi connectivity index (χ2v) is 6.43. The predicted octanol–water partition coefficient (Wildman–Crippen LogP) is 2.20. The molecular formula is C19H19N5O2S. The fraction of sp³-hybridized carbons (Fsp3) is 0.105. The van der Waals surface area contributed by atoms with E-state index >= 15 is 0 Å². The average molecular weight is 381 g/mol. The number of hydrogen-bond acceptors (Lipinski definition) is 6. The van der Waals surface area contributed by atoms with E-state index in [-0.39, 0.29) is 12.3 Å². The summed E-state index contributed by atoms with van der Waals surface area (Å²) in [6.45, 7) is 0.436. The van der Waals surface area contributed by atoms with Crippen molar-refractivity contribution in [2.45, 2.75) is 4.90 Å². The topological polar surface area (TPSA) is 129 Å². The zero-order chi connectivity index (χ0) is 19.2. The third-order valence-corrected chi connectivity index (χ3v) is 4.34. The number of aromatic nitrogens is 1. The van der Waals surface area contributed by atoms with Gasteiger partial charge in [-0.05, 0) is 54.3 Å². The van der Waals surface area contributed by atoms with E-state index in [0.29, 0.717) is 12.2 Å². The van der Waals surface area contributed by atoms with Gasteiger partial charge in [-0.2, -0.15) is 0 Å². The van der Waals surface area contributed by atoms with Crippen LogP contribution in [0.25, 0.3) is 10.9 Å². The van der Waals surface area contributed by atoms with Crippen LogP contribution in [0.15, 0.2) is 47.4 Å². The number of phenolic OH excluding ortho intramolecular Hbond substituents is 1. The SMILES string of the molecule is NSc1ccc(NCC#Cc2cc3c(NCC(N)=O)cccc3[nH]2)c(O)c1. The molecule has 0 atom stereocenters. The number of carbonyl (C=O) groups is 1. The monoisotopic (exact) mass is 381 g/mol. The second kappa shape index (κ2) is 8.40. The molecule has 8 N–H and O–H groups in total. The highest BCUT2D eigenvalue weighted by Gasteiger charge is 2.05. The van der Waals surface area contributed by atoms with E-state index in [9.17, 15) is 9.90 Å². The summed E-state index contributed by atoms with van der Waals surface area (Å²) in [6, 6.07) is 12.8. The summed E-state index contributed by atoms with van der Waals surface area (Å²) in [5.74, 6) is 5.76. The molecule has 0 fully saturated rings. The maximum Gasteiger partial charge on any atom is 0.236 e. The summed E-state index contributed by atoms with van der Waals surface area (Å²) in [7, 11) is 0. The second-order valence-electron chi connectivity index (χ2n) is 5.72. The molecule has 0 aliphatic heterocycles. The number of rotatable bonds is 6. The first-order valence-corrected chi connectivity index (χ1v) is 9.01. The van der Waals surface area contributed by atoms with Crippen LogP contribution in [0.5, 0.6) is 5.75 Å². The van der Waals surface area contributed by atoms with Gasteiger partial charge in [0.05, 0.1) is 24.5 Å². The zero-order valence-corrected chi connectivity index (χ0v) is 15.2. The average Bonchev–Trinajstić information content (AvgIpc) is 3.07. The Kier molecular flexibility index (Phi) is 5.76. The van der Waals surface area contributed by atoms with Crippen molar-refractivity contribution in [2.24, 2.45) is 10.9 Å². The molecule has 138 valence electrons. The van der Waals surface area contributed by atoms with Crippen molar-refractivity contribution in [2.75, 3.05) is 23.7 Å². The third-order valence-electron chi connectivity index (χ3n) is 3.81. The molecule has 3 rings (SSSR count). The van der Waals surface area contributed by atoms with Crippen LogP contribution in [0.2, 0.25) is 0 Å². The Bertz CT molecular complexity index is 1040. The van der Waals surface area contributed by atoms with Gasteiger partial charge in [-0.3, -0.25) is 9.93 Å². The van der Waals surface area contributed by atoms with Gasteiger partial charge in [-0.1, -0.05) is 12.0 Å². The number of aromatic hydroxyl groups is 1. The van der Waals surface area contributed by atoms with E-state index in [2.05, 4.69) is 27.5 Å². The molecule has 0 radical (unpaired) electrons. The zero-order valence-electron chi connectivity index (χ0n) is 14.4. The van der Waals surface area contributed by atoms with E-state index in [4.69, 9.17) is 10.9 Å². The number of benzene rings is 2. The maximum atomic E-state index is 11.0. The van der Waals surface area contributed by atoms with E-state index in [1.807, 2.05) is 30.3 Å². The lowest BCUT2D eigenvalue weighted by atomic mass is 10.2. The van der Waals surface area contributed by atoms with Crippen LogP contribution in [0.1, 0.15) is 5.69 Å². The first kappa shape index (κ1) is 18.5. The van der Waals surface area contributed by atoms with Crippen LogP contribution in [0, 0.1) is 11.8 Å². The van der Waals surface area contributed by atoms with Crippen molar-refractivity contribution in [1.29, 1.82) is 0 Å². The van der Waals surface area contributed by atoms with Crippen molar-refractivity contribution in [3.63, 3.8) is 0 Å². The molecule has 27 heavy (non-hydrogen) atoms. The number of aromatic amines is 1. The summed E-state index contributed by atoms with van der Waals surface area (Å²) < 4.78 is 0. The van der Waals surface area contributed by atoms with Crippen LogP contribution < -0.4 is 21.5 Å². The standard InChI is InChI=1S/C19H19N5O2S/c20-19(26)11-23-15-4-1-5-16-14(15)9-12(24-16)3-2-8-22-17-7-6-13(27-21)10-18(17)25/h1,4-7,9-10,22-25H,8,11,21H2,(H2,20,26). The van der Waals surface area contributed by atoms with Gasteiger partial charge < -0.3 is 26.5 Å². The number of primary amides is 1. The molecule has 2 aromatic carbocycles. The molecule has 0 spiro atoms. The van der Waals surface area contributed by atoms with Crippen LogP contribution >= 0.6 is 11.9 Å². The summed E-state index contributed by atoms with van der Waals surface area (Å²) in [5, 5.41) is 22.4. The smallest absolute Gasteiger partial charge is 0.236 e. The molecule has 3 aromatic rings. The molecule has 7 nitrogen and oxygen atoms in total. The van der Waals surface area contributed by atoms with Crippen LogP contribution in [-0.4, -0.2) is 29.1 Å². The van der Waals surface area contributed by atoms with Crippen LogP contribution in [-0.2, 0) is 4.79 Å². The van der Waals surface area contributed by atoms with E-state index < -0.39 is 5.91 Å². The molecule has 0 saturated carbocycles. The number of nitrogens with one attached hydrogen (secondary N) is 3. The van der Waals surface area contributed by atoms with Gasteiger partial charge in [0.1, 0.15) is 5.75 Å². The van der Waals surface area contributed by atoms with Gasteiger partial charge >= 0.3 is 0 Å².